The molecule has 0 aliphatic heterocycles. The van der Waals surface area contributed by atoms with Crippen molar-refractivity contribution in [1.82, 2.24) is 19.9 Å². The van der Waals surface area contributed by atoms with Crippen LogP contribution < -0.4 is 15.8 Å². The van der Waals surface area contributed by atoms with E-state index in [4.69, 9.17) is 15.6 Å². The maximum atomic E-state index is 11.0. The monoisotopic (exact) mass is 380 g/mol. The normalized spacial score (nSPS) is 19.3. The Labute approximate surface area is 161 Å². The predicted molar refractivity (Wildman–Crippen MR) is 103 cm³/mol. The van der Waals surface area contributed by atoms with E-state index in [1.54, 1.807) is 24.5 Å². The van der Waals surface area contributed by atoms with Crippen molar-refractivity contribution in [3.05, 3.63) is 42.5 Å². The van der Waals surface area contributed by atoms with E-state index < -0.39 is 5.97 Å². The zero-order valence-electron chi connectivity index (χ0n) is 15.1. The van der Waals surface area contributed by atoms with Crippen LogP contribution in [-0.4, -0.2) is 43.2 Å². The maximum Gasteiger partial charge on any atom is 0.354 e. The van der Waals surface area contributed by atoms with Crippen LogP contribution in [0.4, 0.5) is 11.6 Å². The van der Waals surface area contributed by atoms with E-state index in [0.29, 0.717) is 28.4 Å². The predicted octanol–water partition coefficient (Wildman–Crippen LogP) is 2.50. The lowest BCUT2D eigenvalue weighted by Gasteiger charge is -2.29. The summed E-state index contributed by atoms with van der Waals surface area (Å²) in [4.78, 5) is 27.8. The number of aromatic nitrogens is 4. The number of nitrogen functional groups attached to an aromatic ring is 1. The molecular formula is C19H20N6O3. The van der Waals surface area contributed by atoms with E-state index >= 15 is 0 Å². The number of carboxylic acid groups (broad SMARTS) is 1. The molecule has 0 radical (unpaired) electrons. The van der Waals surface area contributed by atoms with Gasteiger partial charge in [0, 0.05) is 36.4 Å². The largest absolute Gasteiger partial charge is 0.488 e. The minimum absolute atomic E-state index is 0.0239. The number of carbonyl (C=O) groups is 1. The number of hydrogen-bond acceptors (Lipinski definition) is 8. The van der Waals surface area contributed by atoms with Gasteiger partial charge in [0.1, 0.15) is 11.3 Å². The summed E-state index contributed by atoms with van der Waals surface area (Å²) in [5.74, 6) is -0.0848. The number of nitrogens with zero attached hydrogens (tertiary/aromatic N) is 4. The van der Waals surface area contributed by atoms with Crippen LogP contribution in [-0.2, 0) is 0 Å². The van der Waals surface area contributed by atoms with Gasteiger partial charge in [0.15, 0.2) is 5.69 Å². The number of anilines is 2. The molecule has 9 nitrogen and oxygen atoms in total. The van der Waals surface area contributed by atoms with E-state index in [1.165, 1.54) is 12.3 Å². The molecule has 0 atom stereocenters. The summed E-state index contributed by atoms with van der Waals surface area (Å²) in [6, 6.07) is 5.10. The molecule has 4 rings (SSSR count). The van der Waals surface area contributed by atoms with Gasteiger partial charge in [0.25, 0.3) is 0 Å². The molecule has 1 aromatic carbocycles. The molecule has 4 N–H and O–H groups in total. The Kier molecular flexibility index (Phi) is 4.88. The Morgan fingerprint density at radius 2 is 1.89 bits per heavy atom. The Balaban J connectivity index is 1.39. The zero-order valence-corrected chi connectivity index (χ0v) is 15.1. The minimum atomic E-state index is -1.07. The molecule has 0 bridgehead atoms. The van der Waals surface area contributed by atoms with Crippen LogP contribution >= 0.6 is 0 Å². The molecule has 1 aliphatic rings. The number of fused-ring (bicyclic) bond motifs is 1. The third-order valence-corrected chi connectivity index (χ3v) is 4.74. The third kappa shape index (κ3) is 3.93. The summed E-state index contributed by atoms with van der Waals surface area (Å²) in [7, 11) is 0. The molecular weight excluding hydrogens is 360 g/mol. The average Bonchev–Trinajstić information content (AvgIpc) is 2.69. The highest BCUT2D eigenvalue weighted by Gasteiger charge is 2.24. The molecule has 0 spiro atoms. The molecule has 1 saturated carbocycles. The highest BCUT2D eigenvalue weighted by Crippen LogP contribution is 2.30. The highest BCUT2D eigenvalue weighted by molar-refractivity contribution is 5.85. The van der Waals surface area contributed by atoms with Crippen molar-refractivity contribution in [3.63, 3.8) is 0 Å². The lowest BCUT2D eigenvalue weighted by Crippen LogP contribution is -2.32. The fourth-order valence-electron chi connectivity index (χ4n) is 3.39. The lowest BCUT2D eigenvalue weighted by molar-refractivity contribution is 0.0690. The van der Waals surface area contributed by atoms with Crippen LogP contribution in [0.2, 0.25) is 0 Å². The number of benzene rings is 1. The van der Waals surface area contributed by atoms with Crippen LogP contribution in [0, 0.1) is 0 Å². The lowest BCUT2D eigenvalue weighted by atomic mass is 9.93. The zero-order chi connectivity index (χ0) is 19.5. The number of hydrogen-bond donors (Lipinski definition) is 3. The van der Waals surface area contributed by atoms with Crippen LogP contribution in [0.25, 0.3) is 11.0 Å². The number of nitrogens with one attached hydrogen (secondary N) is 1. The van der Waals surface area contributed by atoms with Crippen LogP contribution in [0.5, 0.6) is 5.75 Å². The van der Waals surface area contributed by atoms with Gasteiger partial charge in [0.2, 0.25) is 5.95 Å². The molecule has 1 aliphatic carbocycles. The van der Waals surface area contributed by atoms with Gasteiger partial charge in [-0.05, 0) is 37.8 Å². The summed E-state index contributed by atoms with van der Waals surface area (Å²) in [5, 5.41) is 12.2. The molecule has 28 heavy (non-hydrogen) atoms. The summed E-state index contributed by atoms with van der Waals surface area (Å²) in [6.07, 6.45) is 8.16. The van der Waals surface area contributed by atoms with Crippen molar-refractivity contribution in [2.75, 3.05) is 11.1 Å². The highest BCUT2D eigenvalue weighted by atomic mass is 16.5. The molecule has 1 fully saturated rings. The Hall–Kier alpha value is -3.49. The average molecular weight is 380 g/mol. The molecule has 9 heteroatoms. The first kappa shape index (κ1) is 17.9. The first-order valence-corrected chi connectivity index (χ1v) is 9.08. The quantitative estimate of drug-likeness (QED) is 0.570. The molecule has 3 aromatic rings. The van der Waals surface area contributed by atoms with E-state index in [0.717, 1.165) is 25.7 Å². The summed E-state index contributed by atoms with van der Waals surface area (Å²) >= 11 is 0. The third-order valence-electron chi connectivity index (χ3n) is 4.74. The second-order valence-corrected chi connectivity index (χ2v) is 6.75. The number of rotatable bonds is 5. The van der Waals surface area contributed by atoms with Crippen LogP contribution in [0.1, 0.15) is 36.2 Å². The smallest absolute Gasteiger partial charge is 0.354 e. The van der Waals surface area contributed by atoms with Crippen LogP contribution in [0.3, 0.4) is 0 Å². The molecule has 144 valence electrons. The van der Waals surface area contributed by atoms with Gasteiger partial charge in [-0.3, -0.25) is 4.98 Å². The van der Waals surface area contributed by atoms with Crippen molar-refractivity contribution in [2.45, 2.75) is 37.8 Å². The molecule has 0 amide bonds. The molecule has 0 saturated heterocycles. The SMILES string of the molecule is Nc1cc(OC2CCC(Nc3nccc(C(=O)O)n3)CC2)c2nccnc2c1. The maximum absolute atomic E-state index is 11.0. The Morgan fingerprint density at radius 1 is 1.11 bits per heavy atom. The molecule has 2 heterocycles. The second kappa shape index (κ2) is 7.63. The summed E-state index contributed by atoms with van der Waals surface area (Å²) in [6.45, 7) is 0. The van der Waals surface area contributed by atoms with E-state index in [-0.39, 0.29) is 17.8 Å². The summed E-state index contributed by atoms with van der Waals surface area (Å²) < 4.78 is 6.18. The topological polar surface area (TPSA) is 136 Å². The first-order valence-electron chi connectivity index (χ1n) is 9.08. The molecule has 0 unspecified atom stereocenters. The van der Waals surface area contributed by atoms with E-state index in [1.807, 2.05) is 0 Å². The number of nitrogens with two attached hydrogens (primary N) is 1. The van der Waals surface area contributed by atoms with Crippen molar-refractivity contribution < 1.29 is 14.6 Å². The van der Waals surface area contributed by atoms with Crippen LogP contribution in [0.15, 0.2) is 36.8 Å². The van der Waals surface area contributed by atoms with Gasteiger partial charge in [-0.2, -0.15) is 0 Å². The van der Waals surface area contributed by atoms with E-state index in [9.17, 15) is 4.79 Å². The number of carboxylic acids is 1. The first-order chi connectivity index (χ1) is 13.6. The molecule has 2 aromatic heterocycles. The standard InChI is InChI=1S/C19H20N6O3/c20-11-9-15-17(22-8-7-21-15)16(10-11)28-13-3-1-12(2-4-13)24-19-23-6-5-14(25-19)18(26)27/h5-10,12-13H,1-4,20H2,(H,26,27)(H,23,24,25). The Bertz CT molecular complexity index is 1000. The van der Waals surface area contributed by atoms with Gasteiger partial charge in [-0.1, -0.05) is 0 Å². The Morgan fingerprint density at radius 3 is 2.68 bits per heavy atom. The van der Waals surface area contributed by atoms with Gasteiger partial charge in [0.05, 0.1) is 11.6 Å². The van der Waals surface area contributed by atoms with Crippen molar-refractivity contribution >= 4 is 28.6 Å². The minimum Gasteiger partial charge on any atom is -0.488 e. The van der Waals surface area contributed by atoms with Gasteiger partial charge >= 0.3 is 5.97 Å². The van der Waals surface area contributed by atoms with Gasteiger partial charge in [-0.25, -0.2) is 19.7 Å². The van der Waals surface area contributed by atoms with Gasteiger partial charge < -0.3 is 20.9 Å². The fraction of sp³-hybridized carbons (Fsp3) is 0.316. The van der Waals surface area contributed by atoms with Gasteiger partial charge in [-0.15, -0.1) is 0 Å². The fourth-order valence-corrected chi connectivity index (χ4v) is 3.39. The second-order valence-electron chi connectivity index (χ2n) is 6.75. The van der Waals surface area contributed by atoms with E-state index in [2.05, 4.69) is 25.3 Å². The summed E-state index contributed by atoms with van der Waals surface area (Å²) in [5.41, 5.74) is 7.94. The van der Waals surface area contributed by atoms with Crippen molar-refractivity contribution in [1.29, 1.82) is 0 Å². The van der Waals surface area contributed by atoms with Crippen molar-refractivity contribution in [3.8, 4) is 5.75 Å². The number of aromatic carboxylic acids is 1. The number of ether oxygens (including phenoxy) is 1. The van der Waals surface area contributed by atoms with Crippen molar-refractivity contribution in [2.24, 2.45) is 0 Å².